The second-order valence-electron chi connectivity index (χ2n) is 6.09. The van der Waals surface area contributed by atoms with E-state index < -0.39 is 6.10 Å². The number of hydrogen-bond acceptors (Lipinski definition) is 4. The number of ether oxygens (including phenoxy) is 3. The van der Waals surface area contributed by atoms with Crippen molar-refractivity contribution in [3.05, 3.63) is 66.7 Å². The van der Waals surface area contributed by atoms with E-state index in [0.717, 1.165) is 16.5 Å². The molecule has 3 aromatic carbocycles. The van der Waals surface area contributed by atoms with Gasteiger partial charge in [-0.3, -0.25) is 4.79 Å². The predicted octanol–water partition coefficient (Wildman–Crippen LogP) is 3.81. The molecule has 0 bridgehead atoms. The molecule has 140 valence electrons. The highest BCUT2D eigenvalue weighted by atomic mass is 16.5. The number of nitrogens with one attached hydrogen (secondary N) is 1. The molecule has 0 radical (unpaired) electrons. The summed E-state index contributed by atoms with van der Waals surface area (Å²) in [6.07, 6.45) is -0.594. The monoisotopic (exact) mass is 365 g/mol. The largest absolute Gasteiger partial charge is 0.497 e. The zero-order valence-corrected chi connectivity index (χ0v) is 15.5. The topological polar surface area (TPSA) is 56.8 Å². The van der Waals surface area contributed by atoms with Crippen LogP contribution in [0, 0.1) is 0 Å². The quantitative estimate of drug-likeness (QED) is 0.617. The number of amides is 1. The molecule has 0 aromatic heterocycles. The summed E-state index contributed by atoms with van der Waals surface area (Å²) >= 11 is 0. The van der Waals surface area contributed by atoms with E-state index in [1.54, 1.807) is 20.1 Å². The maximum atomic E-state index is 12.2. The second-order valence-corrected chi connectivity index (χ2v) is 6.09. The van der Waals surface area contributed by atoms with Gasteiger partial charge in [0.15, 0.2) is 6.10 Å². The van der Waals surface area contributed by atoms with Gasteiger partial charge in [0, 0.05) is 6.07 Å². The first-order valence-electron chi connectivity index (χ1n) is 8.86. The van der Waals surface area contributed by atoms with Crippen LogP contribution in [0.25, 0.3) is 10.8 Å². The van der Waals surface area contributed by atoms with Crippen LogP contribution >= 0.6 is 0 Å². The zero-order chi connectivity index (χ0) is 19.1. The molecule has 0 aliphatic carbocycles. The van der Waals surface area contributed by atoms with Gasteiger partial charge < -0.3 is 19.5 Å². The summed E-state index contributed by atoms with van der Waals surface area (Å²) in [7, 11) is 1.61. The fourth-order valence-electron chi connectivity index (χ4n) is 2.68. The van der Waals surface area contributed by atoms with E-state index in [-0.39, 0.29) is 5.91 Å². The van der Waals surface area contributed by atoms with Crippen molar-refractivity contribution in [1.82, 2.24) is 5.32 Å². The van der Waals surface area contributed by atoms with Gasteiger partial charge in [0.25, 0.3) is 5.91 Å². The van der Waals surface area contributed by atoms with Gasteiger partial charge >= 0.3 is 0 Å². The van der Waals surface area contributed by atoms with E-state index in [1.165, 1.54) is 0 Å². The summed E-state index contributed by atoms with van der Waals surface area (Å²) in [5, 5.41) is 5.03. The lowest BCUT2D eigenvalue weighted by atomic mass is 10.1. The van der Waals surface area contributed by atoms with Crippen molar-refractivity contribution in [3.63, 3.8) is 0 Å². The molecule has 1 atom stereocenters. The number of carbonyl (C=O) groups is 1. The van der Waals surface area contributed by atoms with Gasteiger partial charge in [-0.05, 0) is 42.0 Å². The van der Waals surface area contributed by atoms with E-state index in [2.05, 4.69) is 5.32 Å². The Morgan fingerprint density at radius 3 is 2.52 bits per heavy atom. The Hall–Kier alpha value is -3.21. The van der Waals surface area contributed by atoms with E-state index >= 15 is 0 Å². The number of methoxy groups -OCH3 is 1. The van der Waals surface area contributed by atoms with Crippen LogP contribution in [0.5, 0.6) is 17.2 Å². The average Bonchev–Trinajstić information content (AvgIpc) is 2.71. The Balaban J connectivity index is 1.45. The van der Waals surface area contributed by atoms with Crippen LogP contribution in [0.15, 0.2) is 66.7 Å². The summed E-state index contributed by atoms with van der Waals surface area (Å²) < 4.78 is 16.5. The lowest BCUT2D eigenvalue weighted by Crippen LogP contribution is -2.38. The molecule has 0 saturated heterocycles. The Morgan fingerprint density at radius 1 is 0.926 bits per heavy atom. The molecule has 3 rings (SSSR count). The molecule has 0 spiro atoms. The Kier molecular flexibility index (Phi) is 6.15. The lowest BCUT2D eigenvalue weighted by Gasteiger charge is -2.15. The number of benzene rings is 3. The molecular weight excluding hydrogens is 342 g/mol. The normalized spacial score (nSPS) is 11.6. The van der Waals surface area contributed by atoms with E-state index in [1.807, 2.05) is 60.7 Å². The maximum absolute atomic E-state index is 12.2. The van der Waals surface area contributed by atoms with Gasteiger partial charge in [-0.2, -0.15) is 0 Å². The highest BCUT2D eigenvalue weighted by molar-refractivity contribution is 5.84. The summed E-state index contributed by atoms with van der Waals surface area (Å²) in [4.78, 5) is 12.2. The predicted molar refractivity (Wildman–Crippen MR) is 106 cm³/mol. The minimum Gasteiger partial charge on any atom is -0.497 e. The van der Waals surface area contributed by atoms with Gasteiger partial charge in [0.1, 0.15) is 23.9 Å². The van der Waals surface area contributed by atoms with Crippen LogP contribution < -0.4 is 19.5 Å². The summed E-state index contributed by atoms with van der Waals surface area (Å²) in [6.45, 7) is 2.48. The molecule has 3 aromatic rings. The Labute approximate surface area is 158 Å². The molecule has 5 nitrogen and oxygen atoms in total. The third kappa shape index (κ3) is 5.14. The van der Waals surface area contributed by atoms with Gasteiger partial charge in [-0.25, -0.2) is 0 Å². The molecule has 0 saturated carbocycles. The minimum atomic E-state index is -0.594. The van der Waals surface area contributed by atoms with E-state index in [9.17, 15) is 4.79 Å². The average molecular weight is 365 g/mol. The van der Waals surface area contributed by atoms with Crippen LogP contribution in [-0.2, 0) is 4.79 Å². The molecular formula is C22H23NO4. The van der Waals surface area contributed by atoms with Crippen LogP contribution in [0.2, 0.25) is 0 Å². The maximum Gasteiger partial charge on any atom is 0.260 e. The van der Waals surface area contributed by atoms with Crippen molar-refractivity contribution in [2.45, 2.75) is 13.0 Å². The zero-order valence-electron chi connectivity index (χ0n) is 15.5. The second kappa shape index (κ2) is 8.94. The van der Waals surface area contributed by atoms with Crippen molar-refractivity contribution in [2.75, 3.05) is 20.3 Å². The van der Waals surface area contributed by atoms with Crippen molar-refractivity contribution >= 4 is 16.7 Å². The van der Waals surface area contributed by atoms with Crippen molar-refractivity contribution in [3.8, 4) is 17.2 Å². The fraction of sp³-hybridized carbons (Fsp3) is 0.227. The van der Waals surface area contributed by atoms with Crippen molar-refractivity contribution in [2.24, 2.45) is 0 Å². The third-order valence-corrected chi connectivity index (χ3v) is 4.11. The fourth-order valence-corrected chi connectivity index (χ4v) is 2.68. The molecule has 0 aliphatic heterocycles. The van der Waals surface area contributed by atoms with Gasteiger partial charge in [-0.15, -0.1) is 0 Å². The molecule has 27 heavy (non-hydrogen) atoms. The highest BCUT2D eigenvalue weighted by Gasteiger charge is 2.14. The summed E-state index contributed by atoms with van der Waals surface area (Å²) in [5.74, 6) is 1.92. The third-order valence-electron chi connectivity index (χ3n) is 4.11. The SMILES string of the molecule is COc1cccc(OCCNC(=O)[C@H](C)Oc2ccc3ccccc3c2)c1. The van der Waals surface area contributed by atoms with Crippen LogP contribution in [0.4, 0.5) is 0 Å². The van der Waals surface area contributed by atoms with Crippen LogP contribution in [-0.4, -0.2) is 32.3 Å². The molecule has 1 amide bonds. The Morgan fingerprint density at radius 2 is 1.70 bits per heavy atom. The first-order chi connectivity index (χ1) is 13.2. The summed E-state index contributed by atoms with van der Waals surface area (Å²) in [5.41, 5.74) is 0. The standard InChI is InChI=1S/C22H23NO4/c1-16(27-21-11-10-17-6-3-4-7-18(17)14-21)22(24)23-12-13-26-20-9-5-8-19(15-20)25-2/h3-11,14-16H,12-13H2,1-2H3,(H,23,24)/t16-/m0/s1. The molecule has 0 heterocycles. The molecule has 0 aliphatic rings. The van der Waals surface area contributed by atoms with Gasteiger partial charge in [0.05, 0.1) is 13.7 Å². The molecule has 0 unspecified atom stereocenters. The van der Waals surface area contributed by atoms with Gasteiger partial charge in [0.2, 0.25) is 0 Å². The smallest absolute Gasteiger partial charge is 0.260 e. The minimum absolute atomic E-state index is 0.183. The van der Waals surface area contributed by atoms with Crippen LogP contribution in [0.1, 0.15) is 6.92 Å². The number of carbonyl (C=O) groups excluding carboxylic acids is 1. The van der Waals surface area contributed by atoms with Crippen molar-refractivity contribution < 1.29 is 19.0 Å². The lowest BCUT2D eigenvalue weighted by molar-refractivity contribution is -0.127. The molecule has 5 heteroatoms. The molecule has 1 N–H and O–H groups in total. The molecule has 0 fully saturated rings. The van der Waals surface area contributed by atoms with Crippen LogP contribution in [0.3, 0.4) is 0 Å². The number of rotatable bonds is 8. The Bertz CT molecular complexity index is 909. The first-order valence-corrected chi connectivity index (χ1v) is 8.86. The van der Waals surface area contributed by atoms with Gasteiger partial charge in [-0.1, -0.05) is 36.4 Å². The number of fused-ring (bicyclic) bond motifs is 1. The van der Waals surface area contributed by atoms with E-state index in [4.69, 9.17) is 14.2 Å². The summed E-state index contributed by atoms with van der Waals surface area (Å²) in [6, 6.07) is 21.2. The number of hydrogen-bond donors (Lipinski definition) is 1. The van der Waals surface area contributed by atoms with Crippen molar-refractivity contribution in [1.29, 1.82) is 0 Å². The van der Waals surface area contributed by atoms with E-state index in [0.29, 0.717) is 24.7 Å². The first kappa shape index (κ1) is 18.6. The highest BCUT2D eigenvalue weighted by Crippen LogP contribution is 2.21.